The third-order valence-corrected chi connectivity index (χ3v) is 4.14. The molecule has 0 atom stereocenters. The van der Waals surface area contributed by atoms with Crippen molar-refractivity contribution in [3.63, 3.8) is 0 Å². The van der Waals surface area contributed by atoms with Gasteiger partial charge in [0.15, 0.2) is 0 Å². The molecule has 0 amide bonds. The molecule has 22 heavy (non-hydrogen) atoms. The van der Waals surface area contributed by atoms with E-state index in [1.807, 2.05) is 42.5 Å². The van der Waals surface area contributed by atoms with Gasteiger partial charge >= 0.3 is 5.63 Å². The minimum absolute atomic E-state index is 0.0181. The zero-order valence-electron chi connectivity index (χ0n) is 11.9. The van der Waals surface area contributed by atoms with Crippen molar-refractivity contribution in [1.82, 2.24) is 0 Å². The third-order valence-electron chi connectivity index (χ3n) is 4.14. The maximum atomic E-state index is 12.3. The Hall–Kier alpha value is -2.81. The van der Waals surface area contributed by atoms with Crippen molar-refractivity contribution in [3.8, 4) is 28.0 Å². The first-order chi connectivity index (χ1) is 10.8. The van der Waals surface area contributed by atoms with Crippen LogP contribution in [0.15, 0.2) is 63.8 Å². The molecule has 1 aliphatic carbocycles. The molecule has 0 saturated heterocycles. The molecule has 3 nitrogen and oxygen atoms in total. The smallest absolute Gasteiger partial charge is 0.347 e. The Morgan fingerprint density at radius 1 is 0.864 bits per heavy atom. The van der Waals surface area contributed by atoms with E-state index in [1.165, 1.54) is 0 Å². The summed E-state index contributed by atoms with van der Waals surface area (Å²) in [5.41, 5.74) is 3.18. The maximum Gasteiger partial charge on any atom is 0.347 e. The predicted molar refractivity (Wildman–Crippen MR) is 84.9 cm³/mol. The van der Waals surface area contributed by atoms with E-state index < -0.39 is 5.63 Å². The minimum Gasteiger partial charge on any atom is -0.506 e. The molecule has 0 fully saturated rings. The van der Waals surface area contributed by atoms with Gasteiger partial charge in [-0.15, -0.1) is 0 Å². The summed E-state index contributed by atoms with van der Waals surface area (Å²) in [5.74, 6) is 0.588. The van der Waals surface area contributed by atoms with Crippen LogP contribution in [0.2, 0.25) is 0 Å². The fourth-order valence-corrected chi connectivity index (χ4v) is 3.11. The fraction of sp³-hybridized carbons (Fsp3) is 0.105. The summed E-state index contributed by atoms with van der Waals surface area (Å²) < 4.78 is 5.51. The summed E-state index contributed by atoms with van der Waals surface area (Å²) in [6.07, 6.45) is 1.44. The summed E-state index contributed by atoms with van der Waals surface area (Å²) in [5, 5.41) is 10.8. The van der Waals surface area contributed by atoms with Gasteiger partial charge in [0.05, 0.1) is 5.56 Å². The monoisotopic (exact) mass is 290 g/mol. The second-order valence-corrected chi connectivity index (χ2v) is 5.43. The Bertz CT molecular complexity index is 908. The Labute approximate surface area is 127 Å². The fourth-order valence-electron chi connectivity index (χ4n) is 3.11. The average molecular weight is 290 g/mol. The number of hydrogen-bond donors (Lipinski definition) is 1. The number of rotatable bonds is 1. The van der Waals surface area contributed by atoms with Crippen molar-refractivity contribution in [2.24, 2.45) is 0 Å². The standard InChI is InChI=1S/C19H14O3/c20-18-16(13-7-2-1-3-8-13)19(21)22-15-11-10-12-6-4-5-9-14(12)17(15)18/h1-9,20H,10-11H2. The maximum absolute atomic E-state index is 12.3. The molecule has 4 rings (SSSR count). The summed E-state index contributed by atoms with van der Waals surface area (Å²) in [6.45, 7) is 0. The van der Waals surface area contributed by atoms with Gasteiger partial charge in [-0.05, 0) is 23.1 Å². The highest BCUT2D eigenvalue weighted by atomic mass is 16.4. The quantitative estimate of drug-likeness (QED) is 0.742. The van der Waals surface area contributed by atoms with Crippen LogP contribution in [-0.2, 0) is 12.8 Å². The highest BCUT2D eigenvalue weighted by Gasteiger charge is 2.26. The second kappa shape index (κ2) is 4.88. The Morgan fingerprint density at radius 3 is 2.41 bits per heavy atom. The molecule has 1 aromatic heterocycles. The predicted octanol–water partition coefficient (Wildman–Crippen LogP) is 3.78. The zero-order valence-corrected chi connectivity index (χ0v) is 11.9. The Balaban J connectivity index is 2.05. The number of aryl methyl sites for hydroxylation is 2. The first-order valence-electron chi connectivity index (χ1n) is 7.28. The van der Waals surface area contributed by atoms with Crippen LogP contribution in [0.25, 0.3) is 22.3 Å². The normalized spacial score (nSPS) is 12.5. The highest BCUT2D eigenvalue weighted by molar-refractivity contribution is 5.84. The van der Waals surface area contributed by atoms with Crippen LogP contribution in [0.4, 0.5) is 0 Å². The first kappa shape index (κ1) is 12.9. The largest absolute Gasteiger partial charge is 0.506 e. The van der Waals surface area contributed by atoms with Gasteiger partial charge in [-0.1, -0.05) is 54.6 Å². The summed E-state index contributed by atoms with van der Waals surface area (Å²) in [6, 6.07) is 17.1. The molecule has 0 bridgehead atoms. The van der Waals surface area contributed by atoms with Gasteiger partial charge in [-0.3, -0.25) is 0 Å². The first-order valence-corrected chi connectivity index (χ1v) is 7.28. The van der Waals surface area contributed by atoms with E-state index in [-0.39, 0.29) is 11.3 Å². The van der Waals surface area contributed by atoms with Crippen molar-refractivity contribution in [2.75, 3.05) is 0 Å². The van der Waals surface area contributed by atoms with E-state index in [0.717, 1.165) is 17.5 Å². The van der Waals surface area contributed by atoms with Crippen LogP contribution in [-0.4, -0.2) is 5.11 Å². The Kier molecular flexibility index (Phi) is 2.86. The van der Waals surface area contributed by atoms with E-state index in [2.05, 4.69) is 0 Å². The van der Waals surface area contributed by atoms with Gasteiger partial charge < -0.3 is 9.52 Å². The molecule has 1 N–H and O–H groups in total. The van der Waals surface area contributed by atoms with Gasteiger partial charge in [0.2, 0.25) is 0 Å². The van der Waals surface area contributed by atoms with Crippen LogP contribution in [0.3, 0.4) is 0 Å². The lowest BCUT2D eigenvalue weighted by molar-refractivity contribution is 0.428. The van der Waals surface area contributed by atoms with Crippen molar-refractivity contribution in [1.29, 1.82) is 0 Å². The van der Waals surface area contributed by atoms with Gasteiger partial charge in [0.1, 0.15) is 17.1 Å². The molecule has 1 aliphatic rings. The van der Waals surface area contributed by atoms with E-state index in [0.29, 0.717) is 23.3 Å². The van der Waals surface area contributed by atoms with Gasteiger partial charge in [-0.2, -0.15) is 0 Å². The van der Waals surface area contributed by atoms with Gasteiger partial charge in [-0.25, -0.2) is 4.79 Å². The van der Waals surface area contributed by atoms with E-state index in [9.17, 15) is 9.90 Å². The summed E-state index contributed by atoms with van der Waals surface area (Å²) in [4.78, 5) is 12.3. The molecular weight excluding hydrogens is 276 g/mol. The molecule has 0 spiro atoms. The van der Waals surface area contributed by atoms with Crippen LogP contribution in [0, 0.1) is 0 Å². The molecule has 3 aromatic rings. The molecule has 2 aromatic carbocycles. The van der Waals surface area contributed by atoms with Crippen LogP contribution >= 0.6 is 0 Å². The minimum atomic E-state index is -0.484. The molecule has 0 saturated carbocycles. The average Bonchev–Trinajstić information content (AvgIpc) is 2.55. The summed E-state index contributed by atoms with van der Waals surface area (Å²) >= 11 is 0. The van der Waals surface area contributed by atoms with Crippen molar-refractivity contribution in [3.05, 3.63) is 76.3 Å². The second-order valence-electron chi connectivity index (χ2n) is 5.43. The molecule has 108 valence electrons. The lowest BCUT2D eigenvalue weighted by Gasteiger charge is -2.20. The molecule has 3 heteroatoms. The molecular formula is C19H14O3. The van der Waals surface area contributed by atoms with Gasteiger partial charge in [0, 0.05) is 6.42 Å². The lowest BCUT2D eigenvalue weighted by atomic mass is 9.87. The number of benzene rings is 2. The number of hydrogen-bond acceptors (Lipinski definition) is 3. The van der Waals surface area contributed by atoms with Gasteiger partial charge in [0.25, 0.3) is 0 Å². The Morgan fingerprint density at radius 2 is 1.59 bits per heavy atom. The van der Waals surface area contributed by atoms with Crippen molar-refractivity contribution in [2.45, 2.75) is 12.8 Å². The molecule has 0 unspecified atom stereocenters. The van der Waals surface area contributed by atoms with E-state index in [4.69, 9.17) is 4.42 Å². The number of aromatic hydroxyl groups is 1. The van der Waals surface area contributed by atoms with Crippen LogP contribution < -0.4 is 5.63 Å². The van der Waals surface area contributed by atoms with Crippen molar-refractivity contribution >= 4 is 0 Å². The number of fused-ring (bicyclic) bond motifs is 3. The van der Waals surface area contributed by atoms with Crippen LogP contribution in [0.1, 0.15) is 11.3 Å². The third kappa shape index (κ3) is 1.86. The molecule has 0 aliphatic heterocycles. The topological polar surface area (TPSA) is 50.4 Å². The molecule has 1 heterocycles. The van der Waals surface area contributed by atoms with E-state index in [1.54, 1.807) is 12.1 Å². The molecule has 0 radical (unpaired) electrons. The van der Waals surface area contributed by atoms with Crippen LogP contribution in [0.5, 0.6) is 5.75 Å². The SMILES string of the molecule is O=c1oc2c(c(O)c1-c1ccccc1)-c1ccccc1CC2. The summed E-state index contributed by atoms with van der Waals surface area (Å²) in [7, 11) is 0. The van der Waals surface area contributed by atoms with Crippen molar-refractivity contribution < 1.29 is 9.52 Å². The highest BCUT2D eigenvalue weighted by Crippen LogP contribution is 2.42. The van der Waals surface area contributed by atoms with E-state index >= 15 is 0 Å². The zero-order chi connectivity index (χ0) is 15.1. The lowest BCUT2D eigenvalue weighted by Crippen LogP contribution is -2.12.